The second-order valence-corrected chi connectivity index (χ2v) is 2.77. The van der Waals surface area contributed by atoms with Gasteiger partial charge in [0, 0.05) is 25.5 Å². The van der Waals surface area contributed by atoms with Crippen LogP contribution in [-0.2, 0) is 0 Å². The molecule has 15 heavy (non-hydrogen) atoms. The fraction of sp³-hybridized carbons (Fsp3) is 0.444. The van der Waals surface area contributed by atoms with Crippen LogP contribution in [-0.4, -0.2) is 46.5 Å². The zero-order valence-electron chi connectivity index (χ0n) is 8.17. The van der Waals surface area contributed by atoms with Gasteiger partial charge in [-0.3, -0.25) is 0 Å². The first-order valence-electron chi connectivity index (χ1n) is 4.51. The maximum Gasteiger partial charge on any atom is 0.183 e. The van der Waals surface area contributed by atoms with Crippen molar-refractivity contribution in [3.05, 3.63) is 18.1 Å². The van der Waals surface area contributed by atoms with E-state index in [1.807, 2.05) is 6.07 Å². The van der Waals surface area contributed by atoms with Gasteiger partial charge in [0.05, 0.1) is 13.2 Å². The third kappa shape index (κ3) is 2.87. The van der Waals surface area contributed by atoms with Crippen molar-refractivity contribution in [2.24, 2.45) is 0 Å². The van der Waals surface area contributed by atoms with Gasteiger partial charge in [0.25, 0.3) is 0 Å². The van der Waals surface area contributed by atoms with E-state index in [1.54, 1.807) is 4.90 Å². The Labute approximate surface area is 87.4 Å². The number of rotatable bonds is 5. The van der Waals surface area contributed by atoms with E-state index in [4.69, 9.17) is 15.5 Å². The van der Waals surface area contributed by atoms with Crippen molar-refractivity contribution in [2.75, 3.05) is 31.2 Å². The summed E-state index contributed by atoms with van der Waals surface area (Å²) in [6.45, 7) is 0.491. The molecule has 6 heteroatoms. The second-order valence-electron chi connectivity index (χ2n) is 2.77. The average Bonchev–Trinajstić information content (AvgIpc) is 2.29. The largest absolute Gasteiger partial charge is 0.395 e. The molecule has 1 aromatic heterocycles. The molecule has 80 valence electrons. The summed E-state index contributed by atoms with van der Waals surface area (Å²) >= 11 is 0. The number of anilines is 1. The first-order valence-corrected chi connectivity index (χ1v) is 4.51. The molecule has 0 bridgehead atoms. The molecule has 1 heterocycles. The topological polar surface area (TPSA) is 93.3 Å². The highest BCUT2D eigenvalue weighted by Crippen LogP contribution is 2.12. The predicted molar refractivity (Wildman–Crippen MR) is 53.1 cm³/mol. The molecule has 0 saturated carbocycles. The van der Waals surface area contributed by atoms with Crippen molar-refractivity contribution in [1.29, 1.82) is 5.26 Å². The van der Waals surface area contributed by atoms with Crippen LogP contribution in [0, 0.1) is 11.3 Å². The molecule has 0 aliphatic rings. The Bertz CT molecular complexity index is 344. The Morgan fingerprint density at radius 1 is 1.20 bits per heavy atom. The van der Waals surface area contributed by atoms with Crippen molar-refractivity contribution in [3.63, 3.8) is 0 Å². The fourth-order valence-electron chi connectivity index (χ4n) is 1.21. The zero-order chi connectivity index (χ0) is 11.1. The van der Waals surface area contributed by atoms with Gasteiger partial charge < -0.3 is 15.1 Å². The van der Waals surface area contributed by atoms with Crippen LogP contribution >= 0.6 is 0 Å². The third-order valence-corrected chi connectivity index (χ3v) is 1.82. The van der Waals surface area contributed by atoms with Crippen molar-refractivity contribution < 1.29 is 10.2 Å². The average molecular weight is 208 g/mol. The van der Waals surface area contributed by atoms with Gasteiger partial charge in [0.1, 0.15) is 6.07 Å². The van der Waals surface area contributed by atoms with E-state index in [0.717, 1.165) is 0 Å². The first kappa shape index (κ1) is 11.4. The molecule has 2 N–H and O–H groups in total. The van der Waals surface area contributed by atoms with Crippen molar-refractivity contribution in [2.45, 2.75) is 0 Å². The van der Waals surface area contributed by atoms with E-state index in [-0.39, 0.29) is 18.9 Å². The van der Waals surface area contributed by atoms with Gasteiger partial charge in [0.15, 0.2) is 11.5 Å². The summed E-state index contributed by atoms with van der Waals surface area (Å²) in [7, 11) is 0. The monoisotopic (exact) mass is 208 g/mol. The molecular formula is C9H12N4O2. The normalized spacial score (nSPS) is 9.67. The number of nitrogens with zero attached hydrogens (tertiary/aromatic N) is 4. The van der Waals surface area contributed by atoms with Crippen LogP contribution in [0.25, 0.3) is 0 Å². The van der Waals surface area contributed by atoms with E-state index >= 15 is 0 Å². The van der Waals surface area contributed by atoms with Gasteiger partial charge in [0.2, 0.25) is 0 Å². The highest BCUT2D eigenvalue weighted by atomic mass is 16.3. The quantitative estimate of drug-likeness (QED) is 0.654. The van der Waals surface area contributed by atoms with Crippen LogP contribution in [0.5, 0.6) is 0 Å². The standard InChI is InChI=1S/C9H12N4O2/c10-7-8-9(12-2-1-11-8)13(3-5-14)4-6-15/h1-2,14-15H,3-6H2. The zero-order valence-corrected chi connectivity index (χ0v) is 8.17. The van der Waals surface area contributed by atoms with E-state index in [9.17, 15) is 0 Å². The lowest BCUT2D eigenvalue weighted by Gasteiger charge is -2.21. The van der Waals surface area contributed by atoms with E-state index < -0.39 is 0 Å². The number of nitriles is 1. The lowest BCUT2D eigenvalue weighted by atomic mass is 10.3. The van der Waals surface area contributed by atoms with Crippen LogP contribution < -0.4 is 4.90 Å². The predicted octanol–water partition coefficient (Wildman–Crippen LogP) is -0.861. The summed E-state index contributed by atoms with van der Waals surface area (Å²) in [5.74, 6) is 0.392. The molecule has 0 radical (unpaired) electrons. The van der Waals surface area contributed by atoms with Gasteiger partial charge in [-0.25, -0.2) is 9.97 Å². The molecule has 0 aliphatic heterocycles. The van der Waals surface area contributed by atoms with E-state index in [2.05, 4.69) is 9.97 Å². The van der Waals surface area contributed by atoms with Crippen LogP contribution in [0.4, 0.5) is 5.82 Å². The summed E-state index contributed by atoms with van der Waals surface area (Å²) in [6.07, 6.45) is 2.90. The Balaban J connectivity index is 2.94. The van der Waals surface area contributed by atoms with Crippen LogP contribution in [0.15, 0.2) is 12.4 Å². The van der Waals surface area contributed by atoms with Gasteiger partial charge in [-0.2, -0.15) is 5.26 Å². The first-order chi connectivity index (χ1) is 7.33. The Kier molecular flexibility index (Phi) is 4.47. The molecule has 0 saturated heterocycles. The SMILES string of the molecule is N#Cc1nccnc1N(CCO)CCO. The molecule has 0 amide bonds. The number of aliphatic hydroxyl groups excluding tert-OH is 2. The minimum atomic E-state index is -0.0680. The van der Waals surface area contributed by atoms with Crippen molar-refractivity contribution in [3.8, 4) is 6.07 Å². The molecule has 6 nitrogen and oxygen atoms in total. The van der Waals surface area contributed by atoms with E-state index in [1.165, 1.54) is 12.4 Å². The van der Waals surface area contributed by atoms with Crippen LogP contribution in [0.3, 0.4) is 0 Å². The summed E-state index contributed by atoms with van der Waals surface area (Å²) in [4.78, 5) is 9.48. The molecule has 0 aromatic carbocycles. The number of aliphatic hydroxyl groups is 2. The van der Waals surface area contributed by atoms with Gasteiger partial charge in [-0.05, 0) is 0 Å². The minimum Gasteiger partial charge on any atom is -0.395 e. The Morgan fingerprint density at radius 3 is 2.33 bits per heavy atom. The smallest absolute Gasteiger partial charge is 0.183 e. The van der Waals surface area contributed by atoms with E-state index in [0.29, 0.717) is 18.9 Å². The molecule has 0 spiro atoms. The molecular weight excluding hydrogens is 196 g/mol. The molecule has 0 unspecified atom stereocenters. The highest BCUT2D eigenvalue weighted by molar-refractivity contribution is 5.49. The van der Waals surface area contributed by atoms with Gasteiger partial charge >= 0.3 is 0 Å². The Morgan fingerprint density at radius 2 is 1.80 bits per heavy atom. The maximum atomic E-state index is 8.83. The van der Waals surface area contributed by atoms with Crippen molar-refractivity contribution in [1.82, 2.24) is 9.97 Å². The molecule has 1 aromatic rings. The summed E-state index contributed by atoms with van der Waals surface area (Å²) in [6, 6.07) is 1.91. The molecule has 0 atom stereocenters. The lowest BCUT2D eigenvalue weighted by Crippen LogP contribution is -2.31. The summed E-state index contributed by atoms with van der Waals surface area (Å²) in [5, 5.41) is 26.5. The van der Waals surface area contributed by atoms with Crippen LogP contribution in [0.1, 0.15) is 5.69 Å². The van der Waals surface area contributed by atoms with Crippen LogP contribution in [0.2, 0.25) is 0 Å². The summed E-state index contributed by atoms with van der Waals surface area (Å²) < 4.78 is 0. The molecule has 1 rings (SSSR count). The highest BCUT2D eigenvalue weighted by Gasteiger charge is 2.12. The third-order valence-electron chi connectivity index (χ3n) is 1.82. The maximum absolute atomic E-state index is 8.83. The summed E-state index contributed by atoms with van der Waals surface area (Å²) in [5.41, 5.74) is 0.194. The minimum absolute atomic E-state index is 0.0680. The van der Waals surface area contributed by atoms with Gasteiger partial charge in [-0.15, -0.1) is 0 Å². The Hall–Kier alpha value is -1.71. The van der Waals surface area contributed by atoms with Gasteiger partial charge in [-0.1, -0.05) is 0 Å². The number of hydrogen-bond acceptors (Lipinski definition) is 6. The molecule has 0 aliphatic carbocycles. The fourth-order valence-corrected chi connectivity index (χ4v) is 1.21. The second kappa shape index (κ2) is 5.90. The number of hydrogen-bond donors (Lipinski definition) is 2. The van der Waals surface area contributed by atoms with Crippen molar-refractivity contribution >= 4 is 5.82 Å². The number of aromatic nitrogens is 2. The lowest BCUT2D eigenvalue weighted by molar-refractivity contribution is 0.280. The molecule has 0 fully saturated rings.